The Hall–Kier alpha value is -1.62. The number of nitro groups is 1. The first-order chi connectivity index (χ1) is 7.92. The van der Waals surface area contributed by atoms with Crippen molar-refractivity contribution >= 4 is 5.69 Å². The van der Waals surface area contributed by atoms with Crippen molar-refractivity contribution < 1.29 is 9.66 Å². The molecular weight excluding hydrogens is 220 g/mol. The lowest BCUT2D eigenvalue weighted by molar-refractivity contribution is -0.385. The van der Waals surface area contributed by atoms with Crippen molar-refractivity contribution in [2.75, 3.05) is 13.7 Å². The fourth-order valence-corrected chi connectivity index (χ4v) is 1.76. The molecule has 1 rings (SSSR count). The van der Waals surface area contributed by atoms with Crippen molar-refractivity contribution in [2.24, 2.45) is 5.73 Å². The van der Waals surface area contributed by atoms with E-state index in [2.05, 4.69) is 0 Å². The molecule has 0 aliphatic heterocycles. The highest BCUT2D eigenvalue weighted by molar-refractivity contribution is 5.50. The number of benzene rings is 1. The van der Waals surface area contributed by atoms with Gasteiger partial charge in [0, 0.05) is 6.07 Å². The Bertz CT molecular complexity index is 416. The Labute approximate surface area is 101 Å². The molecule has 17 heavy (non-hydrogen) atoms. The summed E-state index contributed by atoms with van der Waals surface area (Å²) in [6.07, 6.45) is 0.774. The van der Waals surface area contributed by atoms with Crippen LogP contribution in [0.2, 0.25) is 0 Å². The molecule has 1 aromatic carbocycles. The Balaban J connectivity index is 3.20. The van der Waals surface area contributed by atoms with Crippen LogP contribution in [0, 0.1) is 10.1 Å². The van der Waals surface area contributed by atoms with Gasteiger partial charge in [0.2, 0.25) is 0 Å². The van der Waals surface area contributed by atoms with E-state index in [1.54, 1.807) is 12.1 Å². The summed E-state index contributed by atoms with van der Waals surface area (Å²) in [7, 11) is 1.42. The van der Waals surface area contributed by atoms with Gasteiger partial charge >= 0.3 is 5.69 Å². The summed E-state index contributed by atoms with van der Waals surface area (Å²) >= 11 is 0. The molecule has 1 aromatic rings. The van der Waals surface area contributed by atoms with E-state index in [9.17, 15) is 10.1 Å². The second-order valence-corrected chi connectivity index (χ2v) is 4.57. The molecule has 5 heteroatoms. The van der Waals surface area contributed by atoms with Gasteiger partial charge in [0.1, 0.15) is 0 Å². The van der Waals surface area contributed by atoms with Crippen molar-refractivity contribution in [3.05, 3.63) is 33.9 Å². The maximum atomic E-state index is 10.9. The summed E-state index contributed by atoms with van der Waals surface area (Å²) in [5.41, 5.74) is 6.27. The van der Waals surface area contributed by atoms with Gasteiger partial charge in [-0.3, -0.25) is 10.1 Å². The zero-order chi connectivity index (χ0) is 13.1. The van der Waals surface area contributed by atoms with Gasteiger partial charge in [-0.1, -0.05) is 19.9 Å². The molecule has 0 radical (unpaired) electrons. The molecule has 0 saturated carbocycles. The molecule has 0 saturated heterocycles. The number of hydrogen-bond donors (Lipinski definition) is 1. The van der Waals surface area contributed by atoms with Crippen LogP contribution in [0.5, 0.6) is 5.75 Å². The second-order valence-electron chi connectivity index (χ2n) is 4.57. The first-order valence-corrected chi connectivity index (χ1v) is 5.45. The van der Waals surface area contributed by atoms with E-state index < -0.39 is 4.92 Å². The standard InChI is InChI=1S/C12H18N2O3/c1-12(2,6-7-13)9-4-5-11(17-3)10(8-9)14(15)16/h4-5,8H,6-7,13H2,1-3H3. The van der Waals surface area contributed by atoms with Crippen LogP contribution in [0.4, 0.5) is 5.69 Å². The van der Waals surface area contributed by atoms with Crippen LogP contribution in [0.15, 0.2) is 18.2 Å². The molecule has 0 aromatic heterocycles. The molecule has 0 bridgehead atoms. The molecule has 0 amide bonds. The minimum atomic E-state index is -0.430. The van der Waals surface area contributed by atoms with Gasteiger partial charge in [-0.2, -0.15) is 0 Å². The van der Waals surface area contributed by atoms with Crippen molar-refractivity contribution in [3.8, 4) is 5.75 Å². The predicted molar refractivity (Wildman–Crippen MR) is 66.3 cm³/mol. The number of hydrogen-bond acceptors (Lipinski definition) is 4. The topological polar surface area (TPSA) is 78.4 Å². The van der Waals surface area contributed by atoms with E-state index in [0.29, 0.717) is 6.54 Å². The third kappa shape index (κ3) is 2.94. The molecule has 0 spiro atoms. The molecule has 0 unspecified atom stereocenters. The first-order valence-electron chi connectivity index (χ1n) is 5.45. The number of nitrogens with zero attached hydrogens (tertiary/aromatic N) is 1. The average Bonchev–Trinajstić information content (AvgIpc) is 2.28. The van der Waals surface area contributed by atoms with Crippen LogP contribution in [0.25, 0.3) is 0 Å². The second kappa shape index (κ2) is 5.14. The van der Waals surface area contributed by atoms with Crippen LogP contribution >= 0.6 is 0 Å². The van der Waals surface area contributed by atoms with E-state index in [4.69, 9.17) is 10.5 Å². The van der Waals surface area contributed by atoms with Crippen molar-refractivity contribution in [3.63, 3.8) is 0 Å². The molecule has 2 N–H and O–H groups in total. The van der Waals surface area contributed by atoms with Gasteiger partial charge < -0.3 is 10.5 Å². The van der Waals surface area contributed by atoms with Crippen molar-refractivity contribution in [1.82, 2.24) is 0 Å². The fourth-order valence-electron chi connectivity index (χ4n) is 1.76. The van der Waals surface area contributed by atoms with Gasteiger partial charge in [-0.05, 0) is 30.0 Å². The van der Waals surface area contributed by atoms with Crippen LogP contribution < -0.4 is 10.5 Å². The maximum absolute atomic E-state index is 10.9. The Kier molecular flexibility index (Phi) is 4.07. The Morgan fingerprint density at radius 3 is 2.59 bits per heavy atom. The Morgan fingerprint density at radius 2 is 2.12 bits per heavy atom. The molecule has 0 atom stereocenters. The monoisotopic (exact) mass is 238 g/mol. The van der Waals surface area contributed by atoms with Gasteiger partial charge in [-0.15, -0.1) is 0 Å². The first kappa shape index (κ1) is 13.4. The van der Waals surface area contributed by atoms with Crippen LogP contribution in [-0.4, -0.2) is 18.6 Å². The van der Waals surface area contributed by atoms with Crippen LogP contribution in [-0.2, 0) is 5.41 Å². The van der Waals surface area contributed by atoms with E-state index in [-0.39, 0.29) is 16.9 Å². The van der Waals surface area contributed by atoms with E-state index in [0.717, 1.165) is 12.0 Å². The molecule has 94 valence electrons. The highest BCUT2D eigenvalue weighted by Crippen LogP contribution is 2.34. The predicted octanol–water partition coefficient (Wildman–Crippen LogP) is 2.23. The number of nitro benzene ring substituents is 1. The molecule has 5 nitrogen and oxygen atoms in total. The zero-order valence-electron chi connectivity index (χ0n) is 10.4. The van der Waals surface area contributed by atoms with Crippen LogP contribution in [0.3, 0.4) is 0 Å². The molecule has 0 aliphatic rings. The lowest BCUT2D eigenvalue weighted by Crippen LogP contribution is -2.21. The summed E-state index contributed by atoms with van der Waals surface area (Å²) < 4.78 is 4.97. The average molecular weight is 238 g/mol. The number of nitrogens with two attached hydrogens (primary N) is 1. The summed E-state index contributed by atoms with van der Waals surface area (Å²) in [5, 5.41) is 10.9. The maximum Gasteiger partial charge on any atom is 0.311 e. The lowest BCUT2D eigenvalue weighted by Gasteiger charge is -2.24. The SMILES string of the molecule is COc1ccc(C(C)(C)CCN)cc1[N+](=O)[O-]. The third-order valence-corrected chi connectivity index (χ3v) is 2.93. The highest BCUT2D eigenvalue weighted by Gasteiger charge is 2.24. The van der Waals surface area contributed by atoms with Gasteiger partial charge in [-0.25, -0.2) is 0 Å². The quantitative estimate of drug-likeness (QED) is 0.630. The van der Waals surface area contributed by atoms with E-state index >= 15 is 0 Å². The molecule has 0 fully saturated rings. The summed E-state index contributed by atoms with van der Waals surface area (Å²) in [6, 6.07) is 5.04. The van der Waals surface area contributed by atoms with E-state index in [1.807, 2.05) is 19.9 Å². The van der Waals surface area contributed by atoms with Crippen molar-refractivity contribution in [2.45, 2.75) is 25.7 Å². The van der Waals surface area contributed by atoms with Crippen LogP contribution in [0.1, 0.15) is 25.8 Å². The van der Waals surface area contributed by atoms with Crippen molar-refractivity contribution in [1.29, 1.82) is 0 Å². The van der Waals surface area contributed by atoms with Gasteiger partial charge in [0.15, 0.2) is 5.75 Å². The lowest BCUT2D eigenvalue weighted by atomic mass is 9.81. The van der Waals surface area contributed by atoms with Gasteiger partial charge in [0.05, 0.1) is 12.0 Å². The number of methoxy groups -OCH3 is 1. The minimum Gasteiger partial charge on any atom is -0.490 e. The molecular formula is C12H18N2O3. The summed E-state index contributed by atoms with van der Waals surface area (Å²) in [6.45, 7) is 4.59. The van der Waals surface area contributed by atoms with Gasteiger partial charge in [0.25, 0.3) is 0 Å². The minimum absolute atomic E-state index is 0.00454. The van der Waals surface area contributed by atoms with E-state index in [1.165, 1.54) is 7.11 Å². The largest absolute Gasteiger partial charge is 0.490 e. The number of ether oxygens (including phenoxy) is 1. The summed E-state index contributed by atoms with van der Waals surface area (Å²) in [4.78, 5) is 10.5. The zero-order valence-corrected chi connectivity index (χ0v) is 10.4. The molecule has 0 aliphatic carbocycles. The highest BCUT2D eigenvalue weighted by atomic mass is 16.6. The fraction of sp³-hybridized carbons (Fsp3) is 0.500. The smallest absolute Gasteiger partial charge is 0.311 e. The third-order valence-electron chi connectivity index (χ3n) is 2.93. The number of rotatable bonds is 5. The summed E-state index contributed by atoms with van der Waals surface area (Å²) in [5.74, 6) is 0.280. The Morgan fingerprint density at radius 1 is 1.47 bits per heavy atom. The molecule has 0 heterocycles. The normalized spacial score (nSPS) is 11.3.